The molecule has 0 fully saturated rings. The molecule has 0 bridgehead atoms. The summed E-state index contributed by atoms with van der Waals surface area (Å²) in [7, 11) is 1.58. The van der Waals surface area contributed by atoms with Crippen LogP contribution >= 0.6 is 0 Å². The van der Waals surface area contributed by atoms with Crippen molar-refractivity contribution in [1.29, 1.82) is 0 Å². The Morgan fingerprint density at radius 2 is 1.90 bits per heavy atom. The van der Waals surface area contributed by atoms with Crippen molar-refractivity contribution in [2.45, 2.75) is 32.1 Å². The number of hydrogen-bond donors (Lipinski definition) is 2. The number of rotatable bonds is 6. The molecule has 0 radical (unpaired) electrons. The van der Waals surface area contributed by atoms with Gasteiger partial charge < -0.3 is 20.0 Å². The molecule has 1 aliphatic rings. The van der Waals surface area contributed by atoms with Crippen molar-refractivity contribution in [2.75, 3.05) is 7.05 Å². The lowest BCUT2D eigenvalue weighted by atomic mass is 9.96. The van der Waals surface area contributed by atoms with Gasteiger partial charge in [0.05, 0.1) is 19.4 Å². The number of nitrogens with zero attached hydrogens (tertiary/aromatic N) is 3. The third kappa shape index (κ3) is 3.94. The number of hydrogen-bond acceptors (Lipinski definition) is 5. The average Bonchev–Trinajstić information content (AvgIpc) is 3.45. The molecular formula is C22H23N5O4. The minimum absolute atomic E-state index is 0.109. The van der Waals surface area contributed by atoms with Crippen LogP contribution in [0.1, 0.15) is 39.2 Å². The van der Waals surface area contributed by atoms with Crippen LogP contribution in [0.4, 0.5) is 0 Å². The fourth-order valence-electron chi connectivity index (χ4n) is 3.48. The van der Waals surface area contributed by atoms with Gasteiger partial charge in [0.25, 0.3) is 11.8 Å². The lowest BCUT2D eigenvalue weighted by molar-refractivity contribution is -0.132. The molecule has 3 heterocycles. The predicted molar refractivity (Wildman–Crippen MR) is 111 cm³/mol. The second-order valence-electron chi connectivity index (χ2n) is 7.64. The fourth-order valence-corrected chi connectivity index (χ4v) is 3.48. The predicted octanol–water partition coefficient (Wildman–Crippen LogP) is 1.57. The van der Waals surface area contributed by atoms with E-state index in [0.29, 0.717) is 12.3 Å². The average molecular weight is 421 g/mol. The Kier molecular flexibility index (Phi) is 5.33. The Hall–Kier alpha value is -3.88. The quantitative estimate of drug-likeness (QED) is 0.628. The summed E-state index contributed by atoms with van der Waals surface area (Å²) >= 11 is 0. The number of amides is 3. The smallest absolute Gasteiger partial charge is 0.272 e. The van der Waals surface area contributed by atoms with Crippen molar-refractivity contribution in [2.24, 2.45) is 0 Å². The first-order valence-corrected chi connectivity index (χ1v) is 9.87. The summed E-state index contributed by atoms with van der Waals surface area (Å²) in [5, 5.41) is 9.88. The number of furan rings is 1. The van der Waals surface area contributed by atoms with Crippen LogP contribution in [0.3, 0.4) is 0 Å². The largest absolute Gasteiger partial charge is 0.467 e. The molecule has 2 aromatic heterocycles. The highest BCUT2D eigenvalue weighted by atomic mass is 16.3. The van der Waals surface area contributed by atoms with Gasteiger partial charge in [0.2, 0.25) is 5.91 Å². The number of benzene rings is 1. The summed E-state index contributed by atoms with van der Waals surface area (Å²) in [4.78, 5) is 39.8. The third-order valence-corrected chi connectivity index (χ3v) is 5.52. The van der Waals surface area contributed by atoms with Crippen LogP contribution < -0.4 is 10.6 Å². The van der Waals surface area contributed by atoms with Crippen molar-refractivity contribution in [1.82, 2.24) is 25.3 Å². The Morgan fingerprint density at radius 3 is 2.61 bits per heavy atom. The molecule has 4 rings (SSSR count). The van der Waals surface area contributed by atoms with Gasteiger partial charge in [0.1, 0.15) is 17.0 Å². The van der Waals surface area contributed by atoms with E-state index in [1.54, 1.807) is 26.1 Å². The monoisotopic (exact) mass is 421 g/mol. The molecule has 0 saturated heterocycles. The minimum atomic E-state index is -1.15. The van der Waals surface area contributed by atoms with Gasteiger partial charge in [-0.05, 0) is 24.6 Å². The molecule has 2 N–H and O–H groups in total. The number of aromatic nitrogens is 2. The SMILES string of the molecule is CN1C(=O)c2cc(C(=O)NCc3ccco3)nn2C[C@]1(C)C(=O)NCc1ccccc1. The highest BCUT2D eigenvalue weighted by molar-refractivity contribution is 6.01. The number of carbonyl (C=O) groups is 3. The summed E-state index contributed by atoms with van der Waals surface area (Å²) in [6.45, 7) is 2.38. The first-order valence-electron chi connectivity index (χ1n) is 9.87. The number of fused-ring (bicyclic) bond motifs is 1. The maximum atomic E-state index is 13.0. The Balaban J connectivity index is 1.48. The van der Waals surface area contributed by atoms with Crippen molar-refractivity contribution in [3.63, 3.8) is 0 Å². The second kappa shape index (κ2) is 8.10. The Labute approximate surface area is 179 Å². The summed E-state index contributed by atoms with van der Waals surface area (Å²) in [6, 6.07) is 14.4. The van der Waals surface area contributed by atoms with Gasteiger partial charge in [-0.2, -0.15) is 5.10 Å². The highest BCUT2D eigenvalue weighted by Crippen LogP contribution is 2.26. The summed E-state index contributed by atoms with van der Waals surface area (Å²) < 4.78 is 6.62. The first-order chi connectivity index (χ1) is 14.9. The first kappa shape index (κ1) is 20.4. The van der Waals surface area contributed by atoms with E-state index in [0.717, 1.165) is 5.56 Å². The zero-order chi connectivity index (χ0) is 22.0. The molecule has 9 heteroatoms. The minimum Gasteiger partial charge on any atom is -0.467 e. The van der Waals surface area contributed by atoms with Gasteiger partial charge >= 0.3 is 0 Å². The maximum Gasteiger partial charge on any atom is 0.272 e. The van der Waals surface area contributed by atoms with Gasteiger partial charge in [0.15, 0.2) is 5.69 Å². The molecule has 9 nitrogen and oxygen atoms in total. The topological polar surface area (TPSA) is 109 Å². The fraction of sp³-hybridized carbons (Fsp3) is 0.273. The highest BCUT2D eigenvalue weighted by Gasteiger charge is 2.46. The number of nitrogens with one attached hydrogen (secondary N) is 2. The number of carbonyl (C=O) groups excluding carboxylic acids is 3. The van der Waals surface area contributed by atoms with Gasteiger partial charge in [-0.1, -0.05) is 30.3 Å². The molecule has 160 valence electrons. The molecule has 1 atom stereocenters. The van der Waals surface area contributed by atoms with Crippen molar-refractivity contribution in [3.8, 4) is 0 Å². The summed E-state index contributed by atoms with van der Waals surface area (Å²) in [5.74, 6) is -0.488. The molecule has 0 spiro atoms. The lowest BCUT2D eigenvalue weighted by Gasteiger charge is -2.40. The molecular weight excluding hydrogens is 398 g/mol. The van der Waals surface area contributed by atoms with Crippen molar-refractivity contribution in [3.05, 3.63) is 77.5 Å². The van der Waals surface area contributed by atoms with E-state index in [4.69, 9.17) is 4.42 Å². The molecule has 31 heavy (non-hydrogen) atoms. The second-order valence-corrected chi connectivity index (χ2v) is 7.64. The van der Waals surface area contributed by atoms with Gasteiger partial charge in [0, 0.05) is 19.7 Å². The Bertz CT molecular complexity index is 1110. The normalized spacial score (nSPS) is 17.9. The zero-order valence-corrected chi connectivity index (χ0v) is 17.3. The van der Waals surface area contributed by atoms with Crippen molar-refractivity contribution < 1.29 is 18.8 Å². The van der Waals surface area contributed by atoms with Crippen LogP contribution in [0, 0.1) is 0 Å². The van der Waals surface area contributed by atoms with Crippen LogP contribution in [-0.2, 0) is 24.4 Å². The van der Waals surface area contributed by atoms with Crippen LogP contribution in [0.2, 0.25) is 0 Å². The van der Waals surface area contributed by atoms with E-state index in [1.807, 2.05) is 30.3 Å². The molecule has 0 aliphatic carbocycles. The van der Waals surface area contributed by atoms with Crippen molar-refractivity contribution >= 4 is 17.7 Å². The number of likely N-dealkylation sites (N-methyl/N-ethyl adjacent to an activating group) is 1. The molecule has 3 aromatic rings. The van der Waals surface area contributed by atoms with Crippen LogP contribution in [0.25, 0.3) is 0 Å². The van der Waals surface area contributed by atoms with Crippen LogP contribution in [0.5, 0.6) is 0 Å². The van der Waals surface area contributed by atoms with E-state index in [1.165, 1.54) is 21.9 Å². The standard InChI is InChI=1S/C22H23N5O4/c1-22(21(30)24-12-15-7-4-3-5-8-15)14-27-18(20(29)26(22)2)11-17(25-27)19(28)23-13-16-9-6-10-31-16/h3-11H,12-14H2,1-2H3,(H,23,28)(H,24,30)/t22-/m1/s1. The van der Waals surface area contributed by atoms with Crippen LogP contribution in [0.15, 0.2) is 59.2 Å². The maximum absolute atomic E-state index is 13.0. The van der Waals surface area contributed by atoms with E-state index in [-0.39, 0.29) is 36.3 Å². The van der Waals surface area contributed by atoms with E-state index in [9.17, 15) is 14.4 Å². The van der Waals surface area contributed by atoms with E-state index < -0.39 is 11.4 Å². The zero-order valence-electron chi connectivity index (χ0n) is 17.3. The molecule has 3 amide bonds. The summed E-state index contributed by atoms with van der Waals surface area (Å²) in [6.07, 6.45) is 1.52. The molecule has 1 aliphatic heterocycles. The summed E-state index contributed by atoms with van der Waals surface area (Å²) in [5.41, 5.74) is 0.183. The van der Waals surface area contributed by atoms with E-state index >= 15 is 0 Å². The molecule has 0 unspecified atom stereocenters. The van der Waals surface area contributed by atoms with Gasteiger partial charge in [-0.15, -0.1) is 0 Å². The van der Waals surface area contributed by atoms with Gasteiger partial charge in [-0.25, -0.2) is 0 Å². The molecule has 0 saturated carbocycles. The third-order valence-electron chi connectivity index (χ3n) is 5.52. The van der Waals surface area contributed by atoms with E-state index in [2.05, 4.69) is 15.7 Å². The van der Waals surface area contributed by atoms with Gasteiger partial charge in [-0.3, -0.25) is 19.1 Å². The van der Waals surface area contributed by atoms with Crippen LogP contribution in [-0.4, -0.2) is 45.0 Å². The lowest BCUT2D eigenvalue weighted by Crippen LogP contribution is -2.62. The molecule has 1 aromatic carbocycles. The Morgan fingerprint density at radius 1 is 1.13 bits per heavy atom.